The van der Waals surface area contributed by atoms with Gasteiger partial charge in [0.1, 0.15) is 0 Å². The van der Waals surface area contributed by atoms with Gasteiger partial charge in [0, 0.05) is 18.8 Å². The van der Waals surface area contributed by atoms with E-state index >= 15 is 0 Å². The van der Waals surface area contributed by atoms with Crippen LogP contribution in [0.4, 0.5) is 0 Å². The molecule has 0 saturated carbocycles. The second kappa shape index (κ2) is 5.47. The summed E-state index contributed by atoms with van der Waals surface area (Å²) in [5.41, 5.74) is 2.25. The number of aliphatic hydroxyl groups excluding tert-OH is 1. The molecule has 1 atom stereocenters. The molecule has 2 aromatic rings. The summed E-state index contributed by atoms with van der Waals surface area (Å²) in [5.74, 6) is 0. The Morgan fingerprint density at radius 2 is 2.00 bits per heavy atom. The lowest BCUT2D eigenvalue weighted by molar-refractivity contribution is 0.165. The van der Waals surface area contributed by atoms with E-state index in [9.17, 15) is 5.11 Å². The Morgan fingerprint density at radius 3 is 2.69 bits per heavy atom. The van der Waals surface area contributed by atoms with Crippen LogP contribution < -0.4 is 0 Å². The molecule has 0 radical (unpaired) electrons. The topological polar surface area (TPSA) is 46.3 Å². The molecule has 16 heavy (non-hydrogen) atoms. The highest BCUT2D eigenvalue weighted by molar-refractivity contribution is 5.10. The van der Waals surface area contributed by atoms with Gasteiger partial charge in [-0.05, 0) is 42.2 Å². The van der Waals surface area contributed by atoms with E-state index in [-0.39, 0.29) is 6.10 Å². The van der Waals surface area contributed by atoms with E-state index in [0.717, 1.165) is 18.4 Å². The van der Waals surface area contributed by atoms with E-state index in [1.165, 1.54) is 5.56 Å². The lowest BCUT2D eigenvalue weighted by atomic mass is 10.0. The molecule has 1 N–H and O–H groups in total. The van der Waals surface area contributed by atoms with Crippen molar-refractivity contribution in [1.29, 1.82) is 0 Å². The predicted octanol–water partition coefficient (Wildman–Crippen LogP) is 2.21. The van der Waals surface area contributed by atoms with Gasteiger partial charge < -0.3 is 9.52 Å². The lowest BCUT2D eigenvalue weighted by Crippen LogP contribution is -2.11. The van der Waals surface area contributed by atoms with Crippen LogP contribution in [-0.2, 0) is 12.8 Å². The second-order valence-corrected chi connectivity index (χ2v) is 3.88. The predicted molar refractivity (Wildman–Crippen MR) is 61.0 cm³/mol. The van der Waals surface area contributed by atoms with Gasteiger partial charge in [0.05, 0.1) is 18.6 Å². The molecule has 0 saturated heterocycles. The van der Waals surface area contributed by atoms with Gasteiger partial charge in [0.2, 0.25) is 0 Å². The highest BCUT2D eigenvalue weighted by atomic mass is 16.3. The van der Waals surface area contributed by atoms with Crippen LogP contribution in [0.15, 0.2) is 47.5 Å². The van der Waals surface area contributed by atoms with Crippen LogP contribution in [0.1, 0.15) is 17.5 Å². The molecule has 84 valence electrons. The van der Waals surface area contributed by atoms with Crippen molar-refractivity contribution >= 4 is 0 Å². The molecule has 1 unspecified atom stereocenters. The van der Waals surface area contributed by atoms with E-state index in [2.05, 4.69) is 4.98 Å². The minimum atomic E-state index is -0.314. The van der Waals surface area contributed by atoms with Crippen LogP contribution in [0.25, 0.3) is 0 Å². The molecule has 0 aliphatic carbocycles. The fourth-order valence-corrected chi connectivity index (χ4v) is 1.67. The van der Waals surface area contributed by atoms with Gasteiger partial charge in [-0.2, -0.15) is 0 Å². The molecule has 2 rings (SSSR count). The highest BCUT2D eigenvalue weighted by Gasteiger charge is 2.06. The molecule has 0 fully saturated rings. The van der Waals surface area contributed by atoms with Gasteiger partial charge in [-0.3, -0.25) is 4.98 Å². The standard InChI is InChI=1S/C13H15NO2/c15-13(9-12-5-8-16-10-12)2-1-11-3-6-14-7-4-11/h3-8,10,13,15H,1-2,9H2. The Bertz CT molecular complexity index is 397. The van der Waals surface area contributed by atoms with E-state index < -0.39 is 0 Å². The maximum Gasteiger partial charge on any atom is 0.0935 e. The number of aromatic nitrogens is 1. The maximum absolute atomic E-state index is 9.83. The third-order valence-corrected chi connectivity index (χ3v) is 2.57. The molecule has 0 aromatic carbocycles. The van der Waals surface area contributed by atoms with E-state index in [1.54, 1.807) is 24.9 Å². The largest absolute Gasteiger partial charge is 0.472 e. The van der Waals surface area contributed by atoms with Gasteiger partial charge in [0.15, 0.2) is 0 Å². The average molecular weight is 217 g/mol. The number of furan rings is 1. The van der Waals surface area contributed by atoms with Crippen LogP contribution in [0.2, 0.25) is 0 Å². The lowest BCUT2D eigenvalue weighted by Gasteiger charge is -2.08. The third kappa shape index (κ3) is 3.21. The Morgan fingerprint density at radius 1 is 1.19 bits per heavy atom. The van der Waals surface area contributed by atoms with Crippen molar-refractivity contribution in [1.82, 2.24) is 4.98 Å². The van der Waals surface area contributed by atoms with Gasteiger partial charge in [-0.1, -0.05) is 0 Å². The van der Waals surface area contributed by atoms with Crippen LogP contribution in [-0.4, -0.2) is 16.2 Å². The first-order valence-corrected chi connectivity index (χ1v) is 5.42. The summed E-state index contributed by atoms with van der Waals surface area (Å²) in [6.07, 6.45) is 8.83. The first-order valence-electron chi connectivity index (χ1n) is 5.42. The van der Waals surface area contributed by atoms with Crippen LogP contribution in [0.5, 0.6) is 0 Å². The number of nitrogens with zero attached hydrogens (tertiary/aromatic N) is 1. The molecule has 0 aliphatic rings. The van der Waals surface area contributed by atoms with Crippen molar-refractivity contribution in [3.8, 4) is 0 Å². The van der Waals surface area contributed by atoms with E-state index in [1.807, 2.05) is 18.2 Å². The summed E-state index contributed by atoms with van der Waals surface area (Å²) in [4.78, 5) is 3.96. The zero-order valence-corrected chi connectivity index (χ0v) is 9.04. The molecule has 2 aromatic heterocycles. The number of hydrogen-bond donors (Lipinski definition) is 1. The number of rotatable bonds is 5. The SMILES string of the molecule is OC(CCc1ccncc1)Cc1ccoc1. The monoisotopic (exact) mass is 217 g/mol. The van der Waals surface area contributed by atoms with Crippen LogP contribution >= 0.6 is 0 Å². The van der Waals surface area contributed by atoms with E-state index in [0.29, 0.717) is 6.42 Å². The summed E-state index contributed by atoms with van der Waals surface area (Å²) in [7, 11) is 0. The molecule has 3 heteroatoms. The minimum absolute atomic E-state index is 0.314. The summed E-state index contributed by atoms with van der Waals surface area (Å²) < 4.78 is 4.96. The summed E-state index contributed by atoms with van der Waals surface area (Å²) in [5, 5.41) is 9.83. The molecule has 3 nitrogen and oxygen atoms in total. The molecule has 2 heterocycles. The van der Waals surface area contributed by atoms with Gasteiger partial charge >= 0.3 is 0 Å². The molecular formula is C13H15NO2. The Balaban J connectivity index is 1.78. The zero-order valence-electron chi connectivity index (χ0n) is 9.04. The Kier molecular flexibility index (Phi) is 3.72. The smallest absolute Gasteiger partial charge is 0.0935 e. The first kappa shape index (κ1) is 10.9. The quantitative estimate of drug-likeness (QED) is 0.835. The van der Waals surface area contributed by atoms with Crippen molar-refractivity contribution in [2.45, 2.75) is 25.4 Å². The molecule has 0 bridgehead atoms. The van der Waals surface area contributed by atoms with Crippen molar-refractivity contribution in [2.24, 2.45) is 0 Å². The third-order valence-electron chi connectivity index (χ3n) is 2.57. The summed E-state index contributed by atoms with van der Waals surface area (Å²) in [6, 6.07) is 5.84. The molecular weight excluding hydrogens is 202 g/mol. The molecule has 0 aliphatic heterocycles. The number of hydrogen-bond acceptors (Lipinski definition) is 3. The van der Waals surface area contributed by atoms with Gasteiger partial charge in [-0.25, -0.2) is 0 Å². The van der Waals surface area contributed by atoms with Gasteiger partial charge in [-0.15, -0.1) is 0 Å². The van der Waals surface area contributed by atoms with Crippen molar-refractivity contribution in [2.75, 3.05) is 0 Å². The summed E-state index contributed by atoms with van der Waals surface area (Å²) in [6.45, 7) is 0. The van der Waals surface area contributed by atoms with E-state index in [4.69, 9.17) is 4.42 Å². The Hall–Kier alpha value is -1.61. The fraction of sp³-hybridized carbons (Fsp3) is 0.308. The van der Waals surface area contributed by atoms with Crippen molar-refractivity contribution < 1.29 is 9.52 Å². The fourth-order valence-electron chi connectivity index (χ4n) is 1.67. The normalized spacial score (nSPS) is 12.6. The zero-order chi connectivity index (χ0) is 11.2. The second-order valence-electron chi connectivity index (χ2n) is 3.88. The minimum Gasteiger partial charge on any atom is -0.472 e. The summed E-state index contributed by atoms with van der Waals surface area (Å²) >= 11 is 0. The van der Waals surface area contributed by atoms with Crippen molar-refractivity contribution in [3.63, 3.8) is 0 Å². The average Bonchev–Trinajstić information content (AvgIpc) is 2.81. The van der Waals surface area contributed by atoms with Crippen LogP contribution in [0.3, 0.4) is 0 Å². The highest BCUT2D eigenvalue weighted by Crippen LogP contribution is 2.09. The maximum atomic E-state index is 9.83. The number of aryl methyl sites for hydroxylation is 1. The Labute approximate surface area is 94.8 Å². The molecule has 0 amide bonds. The van der Waals surface area contributed by atoms with Crippen LogP contribution in [0, 0.1) is 0 Å². The van der Waals surface area contributed by atoms with Gasteiger partial charge in [0.25, 0.3) is 0 Å². The van der Waals surface area contributed by atoms with Crippen molar-refractivity contribution in [3.05, 3.63) is 54.2 Å². The molecule has 0 spiro atoms. The number of aliphatic hydroxyl groups is 1. The first-order chi connectivity index (χ1) is 7.84. The number of pyridine rings is 1.